The minimum Gasteiger partial charge on any atom is -0.508 e. The maximum Gasteiger partial charge on any atom is 0.226 e. The number of amides is 1. The Hall–Kier alpha value is -1.55. The first-order valence-electron chi connectivity index (χ1n) is 7.51. The fourth-order valence-electron chi connectivity index (χ4n) is 2.80. The van der Waals surface area contributed by atoms with Crippen LogP contribution in [-0.2, 0) is 4.79 Å². The van der Waals surface area contributed by atoms with E-state index in [4.69, 9.17) is 0 Å². The molecule has 0 saturated carbocycles. The zero-order valence-corrected chi connectivity index (χ0v) is 12.1. The van der Waals surface area contributed by atoms with E-state index in [2.05, 4.69) is 5.32 Å². The Morgan fingerprint density at radius 2 is 2.35 bits per heavy atom. The fourth-order valence-corrected chi connectivity index (χ4v) is 2.80. The van der Waals surface area contributed by atoms with Gasteiger partial charge in [-0.15, -0.1) is 0 Å². The topological polar surface area (TPSA) is 52.6 Å². The Bertz CT molecular complexity index is 442. The van der Waals surface area contributed by atoms with Crippen molar-refractivity contribution in [1.29, 1.82) is 0 Å². The highest BCUT2D eigenvalue weighted by atomic mass is 16.3. The Kier molecular flexibility index (Phi) is 5.41. The van der Waals surface area contributed by atoms with Gasteiger partial charge in [-0.2, -0.15) is 0 Å². The van der Waals surface area contributed by atoms with Crippen molar-refractivity contribution >= 4 is 11.6 Å². The summed E-state index contributed by atoms with van der Waals surface area (Å²) in [5, 5.41) is 12.9. The Labute approximate surface area is 120 Å². The molecule has 0 aliphatic carbocycles. The molecule has 0 radical (unpaired) electrons. The number of phenols is 1. The molecular formula is C16H24N2O2. The second kappa shape index (κ2) is 7.29. The molecule has 0 aromatic heterocycles. The highest BCUT2D eigenvalue weighted by Gasteiger charge is 2.18. The van der Waals surface area contributed by atoms with Crippen molar-refractivity contribution in [2.45, 2.75) is 32.6 Å². The maximum absolute atomic E-state index is 12.4. The first-order chi connectivity index (χ1) is 9.70. The number of benzene rings is 1. The van der Waals surface area contributed by atoms with E-state index >= 15 is 0 Å². The molecule has 1 unspecified atom stereocenters. The standard InChI is InChI=1S/C16H24N2O2/c1-2-18(14-6-3-7-15(19)11-14)16(20)9-8-13-5-4-10-17-12-13/h3,6-7,11,13,17,19H,2,4-5,8-10,12H2,1H3. The number of piperidine rings is 1. The minimum absolute atomic E-state index is 0.142. The van der Waals surface area contributed by atoms with E-state index < -0.39 is 0 Å². The molecule has 1 saturated heterocycles. The van der Waals surface area contributed by atoms with Gasteiger partial charge in [0.1, 0.15) is 5.75 Å². The maximum atomic E-state index is 12.4. The van der Waals surface area contributed by atoms with Gasteiger partial charge in [-0.25, -0.2) is 0 Å². The van der Waals surface area contributed by atoms with Crippen molar-refractivity contribution in [3.8, 4) is 5.75 Å². The van der Waals surface area contributed by atoms with E-state index in [1.54, 1.807) is 23.1 Å². The Morgan fingerprint density at radius 1 is 1.50 bits per heavy atom. The van der Waals surface area contributed by atoms with E-state index in [0.29, 0.717) is 18.9 Å². The summed E-state index contributed by atoms with van der Waals surface area (Å²) in [6, 6.07) is 6.90. The van der Waals surface area contributed by atoms with Crippen LogP contribution < -0.4 is 10.2 Å². The summed E-state index contributed by atoms with van der Waals surface area (Å²) in [5.41, 5.74) is 0.777. The normalized spacial score (nSPS) is 18.8. The smallest absolute Gasteiger partial charge is 0.226 e. The van der Waals surface area contributed by atoms with Crippen LogP contribution in [0.5, 0.6) is 5.75 Å². The molecule has 4 heteroatoms. The third kappa shape index (κ3) is 3.97. The highest BCUT2D eigenvalue weighted by molar-refractivity contribution is 5.93. The lowest BCUT2D eigenvalue weighted by atomic mass is 9.94. The van der Waals surface area contributed by atoms with Gasteiger partial charge < -0.3 is 15.3 Å². The minimum atomic E-state index is 0.142. The van der Waals surface area contributed by atoms with Crippen LogP contribution in [0.3, 0.4) is 0 Å². The molecule has 0 spiro atoms. The molecule has 1 amide bonds. The van der Waals surface area contributed by atoms with Crippen LogP contribution >= 0.6 is 0 Å². The zero-order chi connectivity index (χ0) is 14.4. The molecule has 1 heterocycles. The molecule has 1 aromatic rings. The largest absolute Gasteiger partial charge is 0.508 e. The van der Waals surface area contributed by atoms with Gasteiger partial charge >= 0.3 is 0 Å². The van der Waals surface area contributed by atoms with Crippen LogP contribution in [0.15, 0.2) is 24.3 Å². The van der Waals surface area contributed by atoms with Crippen LogP contribution in [0.4, 0.5) is 5.69 Å². The predicted octanol–water partition coefficient (Wildman–Crippen LogP) is 2.52. The summed E-state index contributed by atoms with van der Waals surface area (Å²) in [7, 11) is 0. The lowest BCUT2D eigenvalue weighted by molar-refractivity contribution is -0.118. The number of nitrogens with one attached hydrogen (secondary N) is 1. The van der Waals surface area contributed by atoms with Gasteiger partial charge in [0.15, 0.2) is 0 Å². The summed E-state index contributed by atoms with van der Waals surface area (Å²) in [6.45, 7) is 4.73. The molecule has 1 aliphatic heterocycles. The molecule has 2 rings (SSSR count). The van der Waals surface area contributed by atoms with E-state index in [1.807, 2.05) is 13.0 Å². The van der Waals surface area contributed by atoms with Gasteiger partial charge in [0, 0.05) is 24.7 Å². The van der Waals surface area contributed by atoms with Crippen LogP contribution in [0.1, 0.15) is 32.6 Å². The molecule has 20 heavy (non-hydrogen) atoms. The molecule has 1 aromatic carbocycles. The molecule has 1 atom stereocenters. The monoisotopic (exact) mass is 276 g/mol. The molecular weight excluding hydrogens is 252 g/mol. The average Bonchev–Trinajstić information content (AvgIpc) is 2.47. The van der Waals surface area contributed by atoms with E-state index in [1.165, 1.54) is 12.8 Å². The van der Waals surface area contributed by atoms with Crippen molar-refractivity contribution in [2.24, 2.45) is 5.92 Å². The molecule has 4 nitrogen and oxygen atoms in total. The number of rotatable bonds is 5. The van der Waals surface area contributed by atoms with Crippen LogP contribution in [0.2, 0.25) is 0 Å². The number of hydrogen-bond donors (Lipinski definition) is 2. The van der Waals surface area contributed by atoms with Crippen LogP contribution in [0, 0.1) is 5.92 Å². The first kappa shape index (κ1) is 14.9. The summed E-state index contributed by atoms with van der Waals surface area (Å²) < 4.78 is 0. The number of carbonyl (C=O) groups excluding carboxylic acids is 1. The van der Waals surface area contributed by atoms with Crippen molar-refractivity contribution in [3.05, 3.63) is 24.3 Å². The second-order valence-corrected chi connectivity index (χ2v) is 5.41. The third-order valence-electron chi connectivity index (χ3n) is 3.92. The third-order valence-corrected chi connectivity index (χ3v) is 3.92. The number of aromatic hydroxyl groups is 1. The van der Waals surface area contributed by atoms with Gasteiger partial charge in [0.2, 0.25) is 5.91 Å². The fraction of sp³-hybridized carbons (Fsp3) is 0.562. The molecule has 110 valence electrons. The summed E-state index contributed by atoms with van der Waals surface area (Å²) in [5.74, 6) is 0.962. The second-order valence-electron chi connectivity index (χ2n) is 5.41. The number of carbonyl (C=O) groups is 1. The predicted molar refractivity (Wildman–Crippen MR) is 81.0 cm³/mol. The molecule has 0 bridgehead atoms. The Morgan fingerprint density at radius 3 is 3.00 bits per heavy atom. The van der Waals surface area contributed by atoms with Crippen LogP contribution in [0.25, 0.3) is 0 Å². The van der Waals surface area contributed by atoms with Crippen molar-refractivity contribution in [3.63, 3.8) is 0 Å². The molecule has 1 aliphatic rings. The molecule has 2 N–H and O–H groups in total. The van der Waals surface area contributed by atoms with Gasteiger partial charge in [0.05, 0.1) is 0 Å². The van der Waals surface area contributed by atoms with E-state index in [9.17, 15) is 9.90 Å². The van der Waals surface area contributed by atoms with Crippen molar-refractivity contribution in [1.82, 2.24) is 5.32 Å². The SMILES string of the molecule is CCN(C(=O)CCC1CCCNC1)c1cccc(O)c1. The van der Waals surface area contributed by atoms with Gasteiger partial charge in [-0.05, 0) is 57.3 Å². The van der Waals surface area contributed by atoms with Crippen molar-refractivity contribution < 1.29 is 9.90 Å². The quantitative estimate of drug-likeness (QED) is 0.869. The van der Waals surface area contributed by atoms with Crippen molar-refractivity contribution in [2.75, 3.05) is 24.5 Å². The lowest BCUT2D eigenvalue weighted by Crippen LogP contribution is -2.33. The first-order valence-corrected chi connectivity index (χ1v) is 7.51. The van der Waals surface area contributed by atoms with Crippen LogP contribution in [-0.4, -0.2) is 30.6 Å². The number of hydrogen-bond acceptors (Lipinski definition) is 3. The van der Waals surface area contributed by atoms with Gasteiger partial charge in [-0.3, -0.25) is 4.79 Å². The summed E-state index contributed by atoms with van der Waals surface area (Å²) in [4.78, 5) is 14.1. The Balaban J connectivity index is 1.91. The number of phenolic OH excluding ortho intramolecular Hbond substituents is 1. The van der Waals surface area contributed by atoms with E-state index in [-0.39, 0.29) is 11.7 Å². The number of nitrogens with zero attached hydrogens (tertiary/aromatic N) is 1. The molecule has 1 fully saturated rings. The summed E-state index contributed by atoms with van der Waals surface area (Å²) in [6.07, 6.45) is 3.96. The highest BCUT2D eigenvalue weighted by Crippen LogP contribution is 2.22. The summed E-state index contributed by atoms with van der Waals surface area (Å²) >= 11 is 0. The zero-order valence-electron chi connectivity index (χ0n) is 12.1. The van der Waals surface area contributed by atoms with Gasteiger partial charge in [0.25, 0.3) is 0 Å². The van der Waals surface area contributed by atoms with E-state index in [0.717, 1.165) is 25.2 Å². The lowest BCUT2D eigenvalue weighted by Gasteiger charge is -2.25. The average molecular weight is 276 g/mol. The van der Waals surface area contributed by atoms with Gasteiger partial charge in [-0.1, -0.05) is 6.07 Å². The number of anilines is 1.